The summed E-state index contributed by atoms with van der Waals surface area (Å²) in [6, 6.07) is 3.53. The van der Waals surface area contributed by atoms with Gasteiger partial charge in [0.2, 0.25) is 0 Å². The second-order valence-electron chi connectivity index (χ2n) is 7.46. The van der Waals surface area contributed by atoms with Crippen molar-refractivity contribution in [2.75, 3.05) is 0 Å². The lowest BCUT2D eigenvalue weighted by Gasteiger charge is -2.33. The van der Waals surface area contributed by atoms with E-state index in [1.165, 1.54) is 13.8 Å². The molecule has 0 aliphatic carbocycles. The van der Waals surface area contributed by atoms with E-state index in [9.17, 15) is 46.1 Å². The van der Waals surface area contributed by atoms with Crippen LogP contribution in [0.15, 0.2) is 34.5 Å². The number of benzene rings is 1. The Kier molecular flexibility index (Phi) is 5.37. The fourth-order valence-electron chi connectivity index (χ4n) is 3.31. The summed E-state index contributed by atoms with van der Waals surface area (Å²) in [6.45, 7) is 2.37. The highest BCUT2D eigenvalue weighted by Crippen LogP contribution is 2.42. The van der Waals surface area contributed by atoms with Crippen LogP contribution in [-0.2, 0) is 0 Å². The molecular weight excluding hydrogens is 450 g/mol. The van der Waals surface area contributed by atoms with Gasteiger partial charge in [0.05, 0.1) is 0 Å². The number of hydrogen-bond donors (Lipinski definition) is 2. The Balaban J connectivity index is 1.88. The van der Waals surface area contributed by atoms with Crippen molar-refractivity contribution in [1.82, 2.24) is 10.0 Å². The lowest BCUT2D eigenvalue weighted by molar-refractivity contribution is -0.297. The Morgan fingerprint density at radius 1 is 0.781 bits per heavy atom. The van der Waals surface area contributed by atoms with E-state index in [1.54, 1.807) is 0 Å². The molecule has 2 amide bonds. The van der Waals surface area contributed by atoms with Gasteiger partial charge in [-0.1, -0.05) is 0 Å². The normalized spacial score (nSPS) is 26.3. The van der Waals surface area contributed by atoms with Gasteiger partial charge in [0, 0.05) is 35.4 Å². The topological polar surface area (TPSA) is 106 Å². The summed E-state index contributed by atoms with van der Waals surface area (Å²) in [5.41, 5.74) is -8.27. The molecule has 0 bridgehead atoms. The van der Waals surface area contributed by atoms with E-state index >= 15 is 0 Å². The molecule has 0 unspecified atom stereocenters. The van der Waals surface area contributed by atoms with E-state index < -0.39 is 59.6 Å². The highest BCUT2D eigenvalue weighted by molar-refractivity contribution is 6.01. The average Bonchev–Trinajstić information content (AvgIpc) is 3.16. The quantitative estimate of drug-likeness (QED) is 0.654. The molecule has 0 fully saturated rings. The van der Waals surface area contributed by atoms with E-state index in [1.807, 2.05) is 0 Å². The summed E-state index contributed by atoms with van der Waals surface area (Å²) in [4.78, 5) is 25.0. The van der Waals surface area contributed by atoms with E-state index in [4.69, 9.17) is 0 Å². The minimum Gasteiger partial charge on any atom is -0.362 e. The largest absolute Gasteiger partial charge is 0.438 e. The first-order valence-electron chi connectivity index (χ1n) is 8.97. The van der Waals surface area contributed by atoms with Crippen LogP contribution in [0.1, 0.15) is 47.4 Å². The van der Waals surface area contributed by atoms with Gasteiger partial charge in [0.25, 0.3) is 23.3 Å². The fourth-order valence-corrected chi connectivity index (χ4v) is 3.31. The number of hydrogen-bond acceptors (Lipinski definition) is 6. The number of rotatable bonds is 2. The van der Waals surface area contributed by atoms with Crippen LogP contribution in [0.3, 0.4) is 0 Å². The molecule has 0 saturated heterocycles. The van der Waals surface area contributed by atoms with Crippen LogP contribution in [0.2, 0.25) is 0 Å². The second-order valence-corrected chi connectivity index (χ2v) is 7.46. The molecule has 2 heterocycles. The van der Waals surface area contributed by atoms with Gasteiger partial charge in [-0.2, -0.15) is 46.6 Å². The van der Waals surface area contributed by atoms with Crippen LogP contribution in [0.5, 0.6) is 0 Å². The zero-order valence-corrected chi connectivity index (χ0v) is 16.5. The molecule has 3 rings (SSSR count). The van der Waals surface area contributed by atoms with Gasteiger partial charge >= 0.3 is 12.4 Å². The second kappa shape index (κ2) is 7.27. The van der Waals surface area contributed by atoms with Crippen LogP contribution < -0.4 is 0 Å². The minimum absolute atomic E-state index is 0.129. The SMILES string of the molecule is CC1=NN(C(=O)c2ccc(C(=O)N3N=C(C)C[C@@]3(O)C(F)(F)F)cc2)[C@](O)(C(F)(F)F)C1. The van der Waals surface area contributed by atoms with Crippen molar-refractivity contribution in [3.05, 3.63) is 35.4 Å². The summed E-state index contributed by atoms with van der Waals surface area (Å²) < 4.78 is 79.8. The van der Waals surface area contributed by atoms with Crippen molar-refractivity contribution in [1.29, 1.82) is 0 Å². The van der Waals surface area contributed by atoms with Gasteiger partial charge in [-0.05, 0) is 38.1 Å². The molecule has 174 valence electrons. The molecule has 0 aromatic heterocycles. The van der Waals surface area contributed by atoms with Gasteiger partial charge in [-0.3, -0.25) is 9.59 Å². The molecule has 32 heavy (non-hydrogen) atoms. The lowest BCUT2D eigenvalue weighted by Crippen LogP contribution is -2.56. The van der Waals surface area contributed by atoms with Crippen LogP contribution in [0.4, 0.5) is 26.3 Å². The Bertz CT molecular complexity index is 939. The van der Waals surface area contributed by atoms with E-state index in [0.29, 0.717) is 0 Å². The van der Waals surface area contributed by atoms with Gasteiger partial charge < -0.3 is 10.2 Å². The Morgan fingerprint density at radius 2 is 1.06 bits per heavy atom. The number of halogens is 6. The number of amides is 2. The van der Waals surface area contributed by atoms with Crippen molar-refractivity contribution in [2.45, 2.75) is 50.5 Å². The molecule has 1 aromatic rings. The first kappa shape index (κ1) is 23.7. The molecule has 1 aromatic carbocycles. The maximum atomic E-state index is 13.3. The zero-order chi connectivity index (χ0) is 24.3. The Morgan fingerprint density at radius 3 is 1.31 bits per heavy atom. The summed E-state index contributed by atoms with van der Waals surface area (Å²) in [6.07, 6.45) is -12.3. The third-order valence-corrected chi connectivity index (χ3v) is 4.92. The standard InChI is InChI=1S/C18H16F6N4O4/c1-9-7-15(31,17(19,20)21)27(25-9)13(29)11-3-5-12(6-4-11)14(30)28-16(32,18(22,23)24)8-10(2)26-28/h3-6,31-32H,7-8H2,1-2H3/t15-,16-/m1/s1. The first-order chi connectivity index (χ1) is 14.5. The smallest absolute Gasteiger partial charge is 0.362 e. The van der Waals surface area contributed by atoms with Crippen molar-refractivity contribution >= 4 is 23.2 Å². The average molecular weight is 466 g/mol. The monoisotopic (exact) mass is 466 g/mol. The molecule has 2 atom stereocenters. The summed E-state index contributed by atoms with van der Waals surface area (Å²) in [5, 5.41) is 26.6. The molecule has 0 saturated carbocycles. The van der Waals surface area contributed by atoms with Crippen molar-refractivity contribution in [2.24, 2.45) is 10.2 Å². The molecule has 2 aliphatic heterocycles. The molecule has 0 radical (unpaired) electrons. The van der Waals surface area contributed by atoms with Crippen LogP contribution in [0, 0.1) is 0 Å². The third-order valence-electron chi connectivity index (χ3n) is 4.92. The maximum Gasteiger partial charge on any atom is 0.438 e. The number of aliphatic hydroxyl groups is 2. The van der Waals surface area contributed by atoms with Crippen molar-refractivity contribution in [3.63, 3.8) is 0 Å². The number of nitrogens with zero attached hydrogens (tertiary/aromatic N) is 4. The number of carbonyl (C=O) groups is 2. The molecule has 14 heteroatoms. The highest BCUT2D eigenvalue weighted by atomic mass is 19.4. The molecule has 2 N–H and O–H groups in total. The predicted octanol–water partition coefficient (Wildman–Crippen LogP) is 2.63. The molecular formula is C18H16F6N4O4. The summed E-state index contributed by atoms with van der Waals surface area (Å²) in [7, 11) is 0. The number of alkyl halides is 6. The van der Waals surface area contributed by atoms with Gasteiger partial charge in [0.15, 0.2) is 0 Å². The van der Waals surface area contributed by atoms with E-state index in [2.05, 4.69) is 10.2 Å². The molecule has 0 spiro atoms. The van der Waals surface area contributed by atoms with E-state index in [0.717, 1.165) is 24.3 Å². The third kappa shape index (κ3) is 3.62. The van der Waals surface area contributed by atoms with Crippen LogP contribution in [0.25, 0.3) is 0 Å². The van der Waals surface area contributed by atoms with Crippen LogP contribution in [-0.4, -0.2) is 67.3 Å². The Hall–Kier alpha value is -3.00. The molecule has 2 aliphatic rings. The highest BCUT2D eigenvalue weighted by Gasteiger charge is 2.63. The maximum absolute atomic E-state index is 13.3. The van der Waals surface area contributed by atoms with Crippen LogP contribution >= 0.6 is 0 Å². The Labute approximate surface area is 176 Å². The van der Waals surface area contributed by atoms with Crippen molar-refractivity contribution in [3.8, 4) is 0 Å². The number of carbonyl (C=O) groups excluding carboxylic acids is 2. The number of hydrazone groups is 2. The lowest BCUT2D eigenvalue weighted by atomic mass is 10.0. The van der Waals surface area contributed by atoms with Gasteiger partial charge in [-0.15, -0.1) is 0 Å². The zero-order valence-electron chi connectivity index (χ0n) is 16.5. The van der Waals surface area contributed by atoms with Gasteiger partial charge in [0.1, 0.15) is 0 Å². The summed E-state index contributed by atoms with van der Waals surface area (Å²) >= 11 is 0. The van der Waals surface area contributed by atoms with Crippen molar-refractivity contribution < 1.29 is 46.1 Å². The first-order valence-corrected chi connectivity index (χ1v) is 8.97. The minimum atomic E-state index is -5.21. The summed E-state index contributed by atoms with van der Waals surface area (Å²) in [5.74, 6) is -2.69. The van der Waals surface area contributed by atoms with Gasteiger partial charge in [-0.25, -0.2) is 0 Å². The predicted molar refractivity (Wildman–Crippen MR) is 96.2 cm³/mol. The fraction of sp³-hybridized carbons (Fsp3) is 0.444. The van der Waals surface area contributed by atoms with E-state index in [-0.39, 0.29) is 21.4 Å². The molecule has 8 nitrogen and oxygen atoms in total.